The van der Waals surface area contributed by atoms with E-state index in [1.54, 1.807) is 4.90 Å². The molecule has 3 N–H and O–H groups in total. The molecular formula is C20H28N3OS+. The third-order valence-corrected chi connectivity index (χ3v) is 5.09. The van der Waals surface area contributed by atoms with E-state index in [2.05, 4.69) is 60.0 Å². The number of morpholine rings is 1. The standard InChI is InChI=1S/C20H27N3OS/c1-16(18-9-4-7-17-6-2-3-8-19(17)18)22-20(25)21-10-5-11-23-12-14-24-15-13-23/h2-4,6-9,16H,5,10-15H2,1H3,(H2,21,22,25)/p+1/t16-/m1/s1. The zero-order valence-corrected chi connectivity index (χ0v) is 15.7. The third-order valence-electron chi connectivity index (χ3n) is 4.83. The third kappa shape index (κ3) is 5.14. The fourth-order valence-corrected chi connectivity index (χ4v) is 3.68. The van der Waals surface area contributed by atoms with Gasteiger partial charge in [0.25, 0.3) is 0 Å². The van der Waals surface area contributed by atoms with Crippen LogP contribution < -0.4 is 15.5 Å². The lowest BCUT2D eigenvalue weighted by Gasteiger charge is -2.24. The van der Waals surface area contributed by atoms with Crippen LogP contribution in [0.5, 0.6) is 0 Å². The van der Waals surface area contributed by atoms with Gasteiger partial charge in [0.1, 0.15) is 13.1 Å². The molecule has 2 aromatic carbocycles. The first kappa shape index (κ1) is 18.1. The molecule has 4 nitrogen and oxygen atoms in total. The summed E-state index contributed by atoms with van der Waals surface area (Å²) in [5, 5.41) is 10.0. The van der Waals surface area contributed by atoms with Gasteiger partial charge in [-0.2, -0.15) is 0 Å². The highest BCUT2D eigenvalue weighted by atomic mass is 32.1. The van der Waals surface area contributed by atoms with Crippen LogP contribution in [0.1, 0.15) is 24.9 Å². The van der Waals surface area contributed by atoms with E-state index in [9.17, 15) is 0 Å². The van der Waals surface area contributed by atoms with Gasteiger partial charge in [-0.1, -0.05) is 42.5 Å². The molecule has 1 heterocycles. The van der Waals surface area contributed by atoms with E-state index in [-0.39, 0.29) is 6.04 Å². The van der Waals surface area contributed by atoms with Crippen LogP contribution in [0, 0.1) is 0 Å². The fourth-order valence-electron chi connectivity index (χ4n) is 3.40. The summed E-state index contributed by atoms with van der Waals surface area (Å²) in [4.78, 5) is 1.64. The summed E-state index contributed by atoms with van der Waals surface area (Å²) in [7, 11) is 0. The fraction of sp³-hybridized carbons (Fsp3) is 0.450. The molecule has 1 aliphatic heterocycles. The van der Waals surface area contributed by atoms with E-state index in [0.29, 0.717) is 0 Å². The molecule has 1 saturated heterocycles. The Morgan fingerprint density at radius 3 is 2.76 bits per heavy atom. The average Bonchev–Trinajstić information content (AvgIpc) is 2.65. The second-order valence-electron chi connectivity index (χ2n) is 6.66. The Balaban J connectivity index is 1.45. The minimum atomic E-state index is 0.177. The molecular weight excluding hydrogens is 330 g/mol. The lowest BCUT2D eigenvalue weighted by Crippen LogP contribution is -3.14. The molecule has 5 heteroatoms. The van der Waals surface area contributed by atoms with Gasteiger partial charge in [0.15, 0.2) is 5.11 Å². The number of hydrogen-bond donors (Lipinski definition) is 3. The Kier molecular flexibility index (Phi) is 6.62. The van der Waals surface area contributed by atoms with Crippen LogP contribution in [0.3, 0.4) is 0 Å². The van der Waals surface area contributed by atoms with E-state index < -0.39 is 0 Å². The highest BCUT2D eigenvalue weighted by Gasteiger charge is 2.13. The van der Waals surface area contributed by atoms with Crippen molar-refractivity contribution in [1.29, 1.82) is 0 Å². The van der Waals surface area contributed by atoms with Crippen molar-refractivity contribution in [3.05, 3.63) is 48.0 Å². The summed E-state index contributed by atoms with van der Waals surface area (Å²) in [5.74, 6) is 0. The maximum absolute atomic E-state index is 5.47. The Hall–Kier alpha value is -1.69. The summed E-state index contributed by atoms with van der Waals surface area (Å²) in [6, 6.07) is 15.1. The Bertz CT molecular complexity index is 695. The number of hydrogen-bond acceptors (Lipinski definition) is 2. The Morgan fingerprint density at radius 1 is 1.16 bits per heavy atom. The maximum atomic E-state index is 5.47. The first-order chi connectivity index (χ1) is 12.2. The summed E-state index contributed by atoms with van der Waals surface area (Å²) in [6.07, 6.45) is 1.12. The van der Waals surface area contributed by atoms with Gasteiger partial charge in [-0.15, -0.1) is 0 Å². The number of quaternary nitrogens is 1. The van der Waals surface area contributed by atoms with Crippen molar-refractivity contribution >= 4 is 28.1 Å². The molecule has 0 aliphatic carbocycles. The smallest absolute Gasteiger partial charge is 0.166 e. The Morgan fingerprint density at radius 2 is 1.92 bits per heavy atom. The van der Waals surface area contributed by atoms with Crippen LogP contribution in [0.2, 0.25) is 0 Å². The molecule has 0 bridgehead atoms. The lowest BCUT2D eigenvalue weighted by molar-refractivity contribution is -0.908. The normalized spacial score (nSPS) is 16.5. The van der Waals surface area contributed by atoms with Crippen molar-refractivity contribution in [2.75, 3.05) is 39.4 Å². The molecule has 1 atom stereocenters. The molecule has 25 heavy (non-hydrogen) atoms. The topological polar surface area (TPSA) is 37.7 Å². The van der Waals surface area contributed by atoms with Crippen molar-refractivity contribution in [3.63, 3.8) is 0 Å². The van der Waals surface area contributed by atoms with Gasteiger partial charge in [0, 0.05) is 13.0 Å². The Labute approximate surface area is 155 Å². The zero-order valence-electron chi connectivity index (χ0n) is 14.9. The molecule has 0 amide bonds. The molecule has 134 valence electrons. The van der Waals surface area contributed by atoms with Crippen molar-refractivity contribution < 1.29 is 9.64 Å². The van der Waals surface area contributed by atoms with E-state index in [0.717, 1.165) is 44.4 Å². The van der Waals surface area contributed by atoms with E-state index in [1.165, 1.54) is 22.9 Å². The molecule has 2 aromatic rings. The minimum Gasteiger partial charge on any atom is -0.370 e. The monoisotopic (exact) mass is 358 g/mol. The van der Waals surface area contributed by atoms with Crippen LogP contribution >= 0.6 is 12.2 Å². The second-order valence-corrected chi connectivity index (χ2v) is 7.06. The summed E-state index contributed by atoms with van der Waals surface area (Å²) in [6.45, 7) is 8.29. The number of rotatable bonds is 6. The van der Waals surface area contributed by atoms with Gasteiger partial charge in [-0.3, -0.25) is 0 Å². The first-order valence-corrected chi connectivity index (χ1v) is 9.58. The van der Waals surface area contributed by atoms with E-state index in [4.69, 9.17) is 17.0 Å². The van der Waals surface area contributed by atoms with Crippen molar-refractivity contribution in [3.8, 4) is 0 Å². The number of benzene rings is 2. The predicted octanol–water partition coefficient (Wildman–Crippen LogP) is 1.67. The first-order valence-electron chi connectivity index (χ1n) is 9.17. The van der Waals surface area contributed by atoms with E-state index in [1.807, 2.05) is 0 Å². The lowest BCUT2D eigenvalue weighted by atomic mass is 10.00. The van der Waals surface area contributed by atoms with Crippen LogP contribution in [0.15, 0.2) is 42.5 Å². The van der Waals surface area contributed by atoms with Crippen LogP contribution in [-0.4, -0.2) is 44.5 Å². The van der Waals surface area contributed by atoms with Crippen molar-refractivity contribution in [2.45, 2.75) is 19.4 Å². The molecule has 0 aromatic heterocycles. The molecule has 0 saturated carbocycles. The molecule has 1 aliphatic rings. The van der Waals surface area contributed by atoms with Crippen molar-refractivity contribution in [2.24, 2.45) is 0 Å². The zero-order chi connectivity index (χ0) is 17.5. The summed E-state index contributed by atoms with van der Waals surface area (Å²) < 4.78 is 5.39. The number of thiocarbonyl (C=S) groups is 1. The predicted molar refractivity (Wildman–Crippen MR) is 107 cm³/mol. The number of nitrogens with one attached hydrogen (secondary N) is 3. The van der Waals surface area contributed by atoms with Gasteiger partial charge in [0.05, 0.1) is 25.8 Å². The van der Waals surface area contributed by atoms with Gasteiger partial charge < -0.3 is 20.3 Å². The quantitative estimate of drug-likeness (QED) is 0.543. The van der Waals surface area contributed by atoms with Crippen LogP contribution in [0.25, 0.3) is 10.8 Å². The molecule has 0 radical (unpaired) electrons. The van der Waals surface area contributed by atoms with Crippen LogP contribution in [-0.2, 0) is 4.74 Å². The van der Waals surface area contributed by atoms with Gasteiger partial charge in [-0.05, 0) is 35.5 Å². The minimum absolute atomic E-state index is 0.177. The summed E-state index contributed by atoms with van der Waals surface area (Å²) >= 11 is 5.47. The van der Waals surface area contributed by atoms with Gasteiger partial charge >= 0.3 is 0 Å². The number of fused-ring (bicyclic) bond motifs is 1. The van der Waals surface area contributed by atoms with Crippen LogP contribution in [0.4, 0.5) is 0 Å². The maximum Gasteiger partial charge on any atom is 0.166 e. The van der Waals surface area contributed by atoms with Crippen molar-refractivity contribution in [1.82, 2.24) is 10.6 Å². The van der Waals surface area contributed by atoms with Gasteiger partial charge in [-0.25, -0.2) is 0 Å². The molecule has 1 fully saturated rings. The second kappa shape index (κ2) is 9.13. The van der Waals surface area contributed by atoms with E-state index >= 15 is 0 Å². The summed E-state index contributed by atoms with van der Waals surface area (Å²) in [5.41, 5.74) is 1.28. The molecule has 0 unspecified atom stereocenters. The average molecular weight is 359 g/mol. The van der Waals surface area contributed by atoms with Gasteiger partial charge in [0.2, 0.25) is 0 Å². The largest absolute Gasteiger partial charge is 0.370 e. The number of ether oxygens (including phenoxy) is 1. The highest BCUT2D eigenvalue weighted by Crippen LogP contribution is 2.23. The molecule has 0 spiro atoms. The SMILES string of the molecule is C[C@@H](NC(=S)NCCC[NH+]1CCOCC1)c1cccc2ccccc12. The molecule has 3 rings (SSSR count). The highest BCUT2D eigenvalue weighted by molar-refractivity contribution is 7.80.